The number of hydrogen-bond donors (Lipinski definition) is 1. The van der Waals surface area contributed by atoms with Gasteiger partial charge in [-0.2, -0.15) is 0 Å². The second-order valence-electron chi connectivity index (χ2n) is 3.76. The van der Waals surface area contributed by atoms with Crippen molar-refractivity contribution in [2.24, 2.45) is 5.73 Å². The first kappa shape index (κ1) is 12.6. The fraction of sp³-hybridized carbons (Fsp3) is 0.0769. The van der Waals surface area contributed by atoms with Gasteiger partial charge in [-0.15, -0.1) is 0 Å². The first-order chi connectivity index (χ1) is 8.56. The highest BCUT2D eigenvalue weighted by Gasteiger charge is 2.03. The van der Waals surface area contributed by atoms with Gasteiger partial charge in [0.2, 0.25) is 11.8 Å². The SMILES string of the molecule is Cc1cc(Oc2ccc(C(N)=O)cn2)ccc1Br. The zero-order chi connectivity index (χ0) is 13.1. The Morgan fingerprint density at radius 2 is 2.11 bits per heavy atom. The van der Waals surface area contributed by atoms with Crippen LogP contribution in [0.2, 0.25) is 0 Å². The van der Waals surface area contributed by atoms with Crippen LogP contribution in [0, 0.1) is 6.92 Å². The number of aryl methyl sites for hydroxylation is 1. The lowest BCUT2D eigenvalue weighted by atomic mass is 10.2. The number of carbonyl (C=O) groups is 1. The number of pyridine rings is 1. The van der Waals surface area contributed by atoms with Crippen molar-refractivity contribution in [1.29, 1.82) is 0 Å². The van der Waals surface area contributed by atoms with Crippen LogP contribution in [0.5, 0.6) is 11.6 Å². The molecule has 0 radical (unpaired) electrons. The molecule has 1 aromatic heterocycles. The van der Waals surface area contributed by atoms with Gasteiger partial charge in [0, 0.05) is 16.7 Å². The van der Waals surface area contributed by atoms with Crippen molar-refractivity contribution in [1.82, 2.24) is 4.98 Å². The molecule has 1 heterocycles. The van der Waals surface area contributed by atoms with Crippen LogP contribution in [-0.2, 0) is 0 Å². The predicted molar refractivity (Wildman–Crippen MR) is 71.7 cm³/mol. The van der Waals surface area contributed by atoms with E-state index in [-0.39, 0.29) is 0 Å². The lowest BCUT2D eigenvalue weighted by Gasteiger charge is -2.06. The van der Waals surface area contributed by atoms with E-state index in [2.05, 4.69) is 20.9 Å². The van der Waals surface area contributed by atoms with Gasteiger partial charge in [-0.1, -0.05) is 15.9 Å². The summed E-state index contributed by atoms with van der Waals surface area (Å²) < 4.78 is 6.59. The summed E-state index contributed by atoms with van der Waals surface area (Å²) in [6, 6.07) is 8.82. The fourth-order valence-electron chi connectivity index (χ4n) is 1.39. The number of nitrogens with two attached hydrogens (primary N) is 1. The van der Waals surface area contributed by atoms with Crippen LogP contribution in [-0.4, -0.2) is 10.9 Å². The minimum atomic E-state index is -0.506. The average Bonchev–Trinajstić information content (AvgIpc) is 2.34. The molecule has 0 atom stereocenters. The van der Waals surface area contributed by atoms with Crippen LogP contribution < -0.4 is 10.5 Å². The van der Waals surface area contributed by atoms with Gasteiger partial charge in [-0.3, -0.25) is 4.79 Å². The molecule has 5 heteroatoms. The van der Waals surface area contributed by atoms with Crippen molar-refractivity contribution < 1.29 is 9.53 Å². The number of aromatic nitrogens is 1. The maximum Gasteiger partial charge on any atom is 0.250 e. The molecule has 2 N–H and O–H groups in total. The molecular weight excluding hydrogens is 296 g/mol. The zero-order valence-electron chi connectivity index (χ0n) is 9.68. The molecule has 92 valence electrons. The van der Waals surface area contributed by atoms with Crippen LogP contribution in [0.15, 0.2) is 41.0 Å². The molecular formula is C13H11BrN2O2. The third kappa shape index (κ3) is 2.87. The molecule has 18 heavy (non-hydrogen) atoms. The van der Waals surface area contributed by atoms with Gasteiger partial charge >= 0.3 is 0 Å². The molecule has 0 saturated heterocycles. The van der Waals surface area contributed by atoms with E-state index in [1.807, 2.05) is 25.1 Å². The smallest absolute Gasteiger partial charge is 0.250 e. The molecule has 2 rings (SSSR count). The van der Waals surface area contributed by atoms with Crippen LogP contribution in [0.25, 0.3) is 0 Å². The van der Waals surface area contributed by atoms with Gasteiger partial charge in [0.15, 0.2) is 0 Å². The largest absolute Gasteiger partial charge is 0.439 e. The fourth-order valence-corrected chi connectivity index (χ4v) is 1.63. The van der Waals surface area contributed by atoms with Crippen molar-refractivity contribution in [3.63, 3.8) is 0 Å². The molecule has 1 amide bonds. The molecule has 0 fully saturated rings. The average molecular weight is 307 g/mol. The summed E-state index contributed by atoms with van der Waals surface area (Å²) in [7, 11) is 0. The monoisotopic (exact) mass is 306 g/mol. The van der Waals surface area contributed by atoms with Crippen molar-refractivity contribution in [3.8, 4) is 11.6 Å². The van der Waals surface area contributed by atoms with Gasteiger partial charge < -0.3 is 10.5 Å². The number of hydrogen-bond acceptors (Lipinski definition) is 3. The summed E-state index contributed by atoms with van der Waals surface area (Å²) in [5.74, 6) is 0.602. The maximum absolute atomic E-state index is 10.9. The Kier molecular flexibility index (Phi) is 3.62. The highest BCUT2D eigenvalue weighted by Crippen LogP contribution is 2.25. The standard InChI is InChI=1S/C13H11BrN2O2/c1-8-6-10(3-4-11(8)14)18-12-5-2-9(7-16-12)13(15)17/h2-7H,1H3,(H2,15,17). The van der Waals surface area contributed by atoms with E-state index in [0.29, 0.717) is 17.2 Å². The highest BCUT2D eigenvalue weighted by atomic mass is 79.9. The number of carbonyl (C=O) groups excluding carboxylic acids is 1. The number of benzene rings is 1. The van der Waals surface area contributed by atoms with Gasteiger partial charge in [-0.25, -0.2) is 4.98 Å². The minimum absolute atomic E-state index is 0.356. The number of amides is 1. The summed E-state index contributed by atoms with van der Waals surface area (Å²) >= 11 is 3.42. The summed E-state index contributed by atoms with van der Waals surface area (Å²) in [6.07, 6.45) is 1.39. The molecule has 0 aliphatic rings. The predicted octanol–water partition coefficient (Wildman–Crippen LogP) is 3.04. The molecule has 0 spiro atoms. The van der Waals surface area contributed by atoms with Crippen molar-refractivity contribution >= 4 is 21.8 Å². The van der Waals surface area contributed by atoms with E-state index in [1.54, 1.807) is 12.1 Å². The second kappa shape index (κ2) is 5.18. The van der Waals surface area contributed by atoms with Crippen molar-refractivity contribution in [2.45, 2.75) is 6.92 Å². The lowest BCUT2D eigenvalue weighted by Crippen LogP contribution is -2.10. The van der Waals surface area contributed by atoms with Gasteiger partial charge in [0.1, 0.15) is 5.75 Å². The summed E-state index contributed by atoms with van der Waals surface area (Å²) in [4.78, 5) is 14.9. The van der Waals surface area contributed by atoms with Gasteiger partial charge in [0.05, 0.1) is 5.56 Å². The van der Waals surface area contributed by atoms with Crippen LogP contribution in [0.3, 0.4) is 0 Å². The van der Waals surface area contributed by atoms with Gasteiger partial charge in [0.25, 0.3) is 0 Å². The lowest BCUT2D eigenvalue weighted by molar-refractivity contribution is 0.1000. The molecule has 2 aromatic rings. The van der Waals surface area contributed by atoms with Crippen LogP contribution in [0.4, 0.5) is 0 Å². The third-order valence-electron chi connectivity index (χ3n) is 2.37. The molecule has 0 unspecified atom stereocenters. The topological polar surface area (TPSA) is 65.2 Å². The Morgan fingerprint density at radius 1 is 1.33 bits per heavy atom. The van der Waals surface area contributed by atoms with E-state index in [4.69, 9.17) is 10.5 Å². The number of halogens is 1. The van der Waals surface area contributed by atoms with Gasteiger partial charge in [-0.05, 0) is 36.8 Å². The third-order valence-corrected chi connectivity index (χ3v) is 3.26. The quantitative estimate of drug-likeness (QED) is 0.948. The van der Waals surface area contributed by atoms with E-state index in [0.717, 1.165) is 10.0 Å². The number of nitrogens with zero attached hydrogens (tertiary/aromatic N) is 1. The maximum atomic E-state index is 10.9. The van der Waals surface area contributed by atoms with E-state index in [1.165, 1.54) is 6.20 Å². The van der Waals surface area contributed by atoms with Crippen molar-refractivity contribution in [2.75, 3.05) is 0 Å². The number of rotatable bonds is 3. The summed E-state index contributed by atoms with van der Waals surface area (Å²) in [6.45, 7) is 1.97. The molecule has 0 aliphatic heterocycles. The highest BCUT2D eigenvalue weighted by molar-refractivity contribution is 9.10. The van der Waals surface area contributed by atoms with E-state index in [9.17, 15) is 4.79 Å². The summed E-state index contributed by atoms with van der Waals surface area (Å²) in [5, 5.41) is 0. The molecule has 0 saturated carbocycles. The van der Waals surface area contributed by atoms with Crippen molar-refractivity contribution in [3.05, 3.63) is 52.1 Å². The first-order valence-corrected chi connectivity index (χ1v) is 6.05. The Bertz CT molecular complexity index is 582. The molecule has 0 bridgehead atoms. The Hall–Kier alpha value is -1.88. The zero-order valence-corrected chi connectivity index (χ0v) is 11.3. The van der Waals surface area contributed by atoms with Crippen LogP contribution >= 0.6 is 15.9 Å². The Morgan fingerprint density at radius 3 is 2.67 bits per heavy atom. The number of primary amides is 1. The molecule has 0 aliphatic carbocycles. The molecule has 1 aromatic carbocycles. The van der Waals surface area contributed by atoms with Crippen LogP contribution in [0.1, 0.15) is 15.9 Å². The minimum Gasteiger partial charge on any atom is -0.439 e. The second-order valence-corrected chi connectivity index (χ2v) is 4.62. The van der Waals surface area contributed by atoms with E-state index >= 15 is 0 Å². The molecule has 4 nitrogen and oxygen atoms in total. The Balaban J connectivity index is 2.18. The normalized spacial score (nSPS) is 10.1. The first-order valence-electron chi connectivity index (χ1n) is 5.26. The Labute approximate surface area is 113 Å². The number of ether oxygens (including phenoxy) is 1. The van der Waals surface area contributed by atoms with E-state index < -0.39 is 5.91 Å². The summed E-state index contributed by atoms with van der Waals surface area (Å²) in [5.41, 5.74) is 6.55.